The first kappa shape index (κ1) is 14.9. The summed E-state index contributed by atoms with van der Waals surface area (Å²) in [6.45, 7) is 5.43. The molecule has 2 N–H and O–H groups in total. The Balaban J connectivity index is 2.20. The Morgan fingerprint density at radius 3 is 2.78 bits per heavy atom. The van der Waals surface area contributed by atoms with Crippen molar-refractivity contribution in [1.82, 2.24) is 9.97 Å². The first-order chi connectivity index (χ1) is 11.1. The molecule has 0 aliphatic rings. The van der Waals surface area contributed by atoms with Crippen LogP contribution in [-0.2, 0) is 0 Å². The highest BCUT2D eigenvalue weighted by Crippen LogP contribution is 2.39. The van der Waals surface area contributed by atoms with Gasteiger partial charge in [-0.3, -0.25) is 0 Å². The van der Waals surface area contributed by atoms with Crippen LogP contribution in [0.2, 0.25) is 0 Å². The van der Waals surface area contributed by atoms with Crippen molar-refractivity contribution in [3.8, 4) is 27.8 Å². The highest BCUT2D eigenvalue weighted by molar-refractivity contribution is 7.19. The Bertz CT molecular complexity index is 936. The third-order valence-corrected chi connectivity index (χ3v) is 4.21. The molecular formula is C17H13N5S. The van der Waals surface area contributed by atoms with E-state index in [0.717, 1.165) is 27.4 Å². The van der Waals surface area contributed by atoms with Gasteiger partial charge in [-0.05, 0) is 43.5 Å². The van der Waals surface area contributed by atoms with E-state index in [9.17, 15) is 0 Å². The molecule has 2 heterocycles. The van der Waals surface area contributed by atoms with Crippen molar-refractivity contribution in [2.75, 3.05) is 5.73 Å². The topological polar surface area (TPSA) is 88.0 Å². The summed E-state index contributed by atoms with van der Waals surface area (Å²) in [5.74, 6) is 0.559. The van der Waals surface area contributed by atoms with Crippen molar-refractivity contribution in [2.24, 2.45) is 4.99 Å². The number of thiazole rings is 1. The molecule has 0 atom stereocenters. The Hall–Kier alpha value is -3.04. The second-order valence-electron chi connectivity index (χ2n) is 4.94. The second kappa shape index (κ2) is 5.99. The largest absolute Gasteiger partial charge is 0.375 e. The third kappa shape index (κ3) is 2.96. The van der Waals surface area contributed by atoms with Crippen molar-refractivity contribution in [1.29, 1.82) is 5.26 Å². The van der Waals surface area contributed by atoms with E-state index < -0.39 is 0 Å². The Labute approximate surface area is 137 Å². The Morgan fingerprint density at radius 1 is 1.22 bits per heavy atom. The maximum absolute atomic E-state index is 9.09. The van der Waals surface area contributed by atoms with Crippen molar-refractivity contribution in [3.05, 3.63) is 47.7 Å². The zero-order valence-corrected chi connectivity index (χ0v) is 13.3. The molecule has 1 aromatic carbocycles. The first-order valence-electron chi connectivity index (χ1n) is 6.83. The van der Waals surface area contributed by atoms with Gasteiger partial charge in [0.1, 0.15) is 0 Å². The van der Waals surface area contributed by atoms with E-state index in [2.05, 4.69) is 27.7 Å². The number of aryl methyl sites for hydroxylation is 1. The van der Waals surface area contributed by atoms with Crippen molar-refractivity contribution >= 4 is 29.0 Å². The fourth-order valence-electron chi connectivity index (χ4n) is 2.33. The lowest BCUT2D eigenvalue weighted by Crippen LogP contribution is -1.87. The molecular weight excluding hydrogens is 306 g/mol. The van der Waals surface area contributed by atoms with Crippen LogP contribution in [0.1, 0.15) is 11.3 Å². The molecule has 112 valence electrons. The monoisotopic (exact) mass is 319 g/mol. The molecule has 3 rings (SSSR count). The maximum atomic E-state index is 9.09. The molecule has 3 aromatic rings. The van der Waals surface area contributed by atoms with E-state index in [-0.39, 0.29) is 0 Å². The van der Waals surface area contributed by atoms with Gasteiger partial charge in [-0.2, -0.15) is 5.26 Å². The Morgan fingerprint density at radius 2 is 2.04 bits per heavy atom. The van der Waals surface area contributed by atoms with Gasteiger partial charge >= 0.3 is 0 Å². The first-order valence-corrected chi connectivity index (χ1v) is 7.65. The molecule has 0 spiro atoms. The van der Waals surface area contributed by atoms with Gasteiger partial charge in [0.25, 0.3) is 0 Å². The highest BCUT2D eigenvalue weighted by Gasteiger charge is 2.15. The van der Waals surface area contributed by atoms with Gasteiger partial charge in [0.05, 0.1) is 22.2 Å². The highest BCUT2D eigenvalue weighted by atomic mass is 32.1. The molecule has 0 aliphatic heterocycles. The van der Waals surface area contributed by atoms with Crippen molar-refractivity contribution in [3.63, 3.8) is 0 Å². The van der Waals surface area contributed by atoms with E-state index in [1.54, 1.807) is 12.1 Å². The standard InChI is InChI=1S/C17H13N5S/c1-10-6-13(8-14(20-2)21-10)16-15(22-17(19)23-16)12-5-3-4-11(7-12)9-18/h3-8H,2H2,1H3,(H2,19,22). The van der Waals surface area contributed by atoms with Crippen molar-refractivity contribution < 1.29 is 0 Å². The summed E-state index contributed by atoms with van der Waals surface area (Å²) in [5, 5.41) is 9.56. The normalized spacial score (nSPS) is 10.3. The average Bonchev–Trinajstić information content (AvgIpc) is 2.96. The lowest BCUT2D eigenvalue weighted by molar-refractivity contribution is 1.18. The minimum atomic E-state index is 0.472. The zero-order valence-electron chi connectivity index (χ0n) is 12.4. The number of nitrogens with zero attached hydrogens (tertiary/aromatic N) is 4. The van der Waals surface area contributed by atoms with Gasteiger partial charge in [0.15, 0.2) is 10.9 Å². The molecule has 0 fully saturated rings. The van der Waals surface area contributed by atoms with E-state index in [1.165, 1.54) is 11.3 Å². The number of nitriles is 1. The van der Waals surface area contributed by atoms with Gasteiger partial charge in [0.2, 0.25) is 0 Å². The number of anilines is 1. The molecule has 23 heavy (non-hydrogen) atoms. The fourth-order valence-corrected chi connectivity index (χ4v) is 3.17. The summed E-state index contributed by atoms with van der Waals surface area (Å²) in [6.07, 6.45) is 0. The van der Waals surface area contributed by atoms with E-state index in [0.29, 0.717) is 16.5 Å². The predicted molar refractivity (Wildman–Crippen MR) is 93.9 cm³/mol. The molecule has 0 amide bonds. The molecule has 0 saturated heterocycles. The summed E-state index contributed by atoms with van der Waals surface area (Å²) in [4.78, 5) is 13.6. The number of nitrogens with two attached hydrogens (primary N) is 1. The number of hydrogen-bond donors (Lipinski definition) is 1. The second-order valence-corrected chi connectivity index (χ2v) is 5.97. The van der Waals surface area contributed by atoms with Crippen LogP contribution >= 0.6 is 11.3 Å². The van der Waals surface area contributed by atoms with Crippen LogP contribution in [0.3, 0.4) is 0 Å². The van der Waals surface area contributed by atoms with Crippen LogP contribution in [0.25, 0.3) is 21.7 Å². The number of hydrogen-bond acceptors (Lipinski definition) is 6. The van der Waals surface area contributed by atoms with E-state index in [1.807, 2.05) is 31.2 Å². The van der Waals surface area contributed by atoms with Crippen LogP contribution in [0.5, 0.6) is 0 Å². The summed E-state index contributed by atoms with van der Waals surface area (Å²) < 4.78 is 0. The van der Waals surface area contributed by atoms with Gasteiger partial charge in [-0.1, -0.05) is 23.5 Å². The van der Waals surface area contributed by atoms with Gasteiger partial charge in [-0.25, -0.2) is 15.0 Å². The van der Waals surface area contributed by atoms with Crippen LogP contribution < -0.4 is 5.73 Å². The van der Waals surface area contributed by atoms with Crippen LogP contribution in [0.4, 0.5) is 10.9 Å². The molecule has 0 unspecified atom stereocenters. The summed E-state index contributed by atoms with van der Waals surface area (Å²) >= 11 is 1.40. The zero-order chi connectivity index (χ0) is 16.4. The predicted octanol–water partition coefficient (Wildman–Crippen LogP) is 3.97. The van der Waals surface area contributed by atoms with Crippen LogP contribution in [-0.4, -0.2) is 16.7 Å². The molecule has 2 aromatic heterocycles. The lowest BCUT2D eigenvalue weighted by atomic mass is 10.0. The average molecular weight is 319 g/mol. The van der Waals surface area contributed by atoms with Crippen LogP contribution in [0, 0.1) is 18.3 Å². The minimum Gasteiger partial charge on any atom is -0.375 e. The van der Waals surface area contributed by atoms with Gasteiger partial charge in [0, 0.05) is 11.3 Å². The lowest BCUT2D eigenvalue weighted by Gasteiger charge is -2.05. The number of rotatable bonds is 3. The molecule has 6 heteroatoms. The molecule has 0 saturated carbocycles. The quantitative estimate of drug-likeness (QED) is 0.740. The number of nitrogen functional groups attached to an aromatic ring is 1. The van der Waals surface area contributed by atoms with Gasteiger partial charge in [-0.15, -0.1) is 0 Å². The number of aliphatic imine (C=N–C) groups is 1. The SMILES string of the molecule is C=Nc1cc(-c2sc(N)nc2-c2cccc(C#N)c2)cc(C)n1. The molecule has 0 bridgehead atoms. The summed E-state index contributed by atoms with van der Waals surface area (Å²) in [7, 11) is 0. The van der Waals surface area contributed by atoms with E-state index >= 15 is 0 Å². The number of benzene rings is 1. The molecule has 0 aliphatic carbocycles. The summed E-state index contributed by atoms with van der Waals surface area (Å²) in [5.41, 5.74) is 9.90. The van der Waals surface area contributed by atoms with E-state index in [4.69, 9.17) is 11.0 Å². The van der Waals surface area contributed by atoms with Gasteiger partial charge < -0.3 is 5.73 Å². The Kier molecular flexibility index (Phi) is 3.87. The molecule has 0 radical (unpaired) electrons. The van der Waals surface area contributed by atoms with Crippen LogP contribution in [0.15, 0.2) is 41.4 Å². The maximum Gasteiger partial charge on any atom is 0.181 e. The number of aromatic nitrogens is 2. The third-order valence-electron chi connectivity index (χ3n) is 3.27. The smallest absolute Gasteiger partial charge is 0.181 e. The minimum absolute atomic E-state index is 0.472. The van der Waals surface area contributed by atoms with Crippen molar-refractivity contribution in [2.45, 2.75) is 6.92 Å². The fraction of sp³-hybridized carbons (Fsp3) is 0.0588. The number of pyridine rings is 1. The molecule has 5 nitrogen and oxygen atoms in total. The summed E-state index contributed by atoms with van der Waals surface area (Å²) in [6, 6.07) is 13.3.